The zero-order valence-corrected chi connectivity index (χ0v) is 23.7. The van der Waals surface area contributed by atoms with Gasteiger partial charge in [-0.05, 0) is 55.2 Å². The Balaban J connectivity index is 1.54. The maximum Gasteiger partial charge on any atom is 0.337 e. The number of ether oxygens (including phenoxy) is 1. The number of nitrogens with one attached hydrogen (secondary N) is 1. The molecule has 0 radical (unpaired) electrons. The predicted octanol–water partition coefficient (Wildman–Crippen LogP) is 4.04. The van der Waals surface area contributed by atoms with E-state index in [2.05, 4.69) is 15.2 Å². The number of benzene rings is 2. The van der Waals surface area contributed by atoms with Crippen molar-refractivity contribution >= 4 is 33.8 Å². The normalized spacial score (nSPS) is 18.4. The summed E-state index contributed by atoms with van der Waals surface area (Å²) in [5.41, 5.74) is 1.45. The first-order valence-electron chi connectivity index (χ1n) is 13.7. The summed E-state index contributed by atoms with van der Waals surface area (Å²) in [4.78, 5) is 35.1. The van der Waals surface area contributed by atoms with Crippen molar-refractivity contribution in [3.05, 3.63) is 97.4 Å². The lowest BCUT2D eigenvalue weighted by atomic mass is 10.1. The molecule has 2 aliphatic heterocycles. The van der Waals surface area contributed by atoms with Gasteiger partial charge in [-0.2, -0.15) is 0 Å². The molecule has 42 heavy (non-hydrogen) atoms. The lowest BCUT2D eigenvalue weighted by molar-refractivity contribution is 0.418. The lowest BCUT2D eigenvalue weighted by Gasteiger charge is -2.37. The molecule has 3 aromatic heterocycles. The highest BCUT2D eigenvalue weighted by Gasteiger charge is 2.37. The topological polar surface area (TPSA) is 85.8 Å². The average Bonchev–Trinajstić information content (AvgIpc) is 3.49. The largest absolute Gasteiger partial charge is 0.496 e. The zero-order chi connectivity index (χ0) is 29.3. The van der Waals surface area contributed by atoms with Crippen molar-refractivity contribution in [2.45, 2.75) is 38.4 Å². The van der Waals surface area contributed by atoms with Crippen molar-refractivity contribution in [2.75, 3.05) is 25.1 Å². The molecule has 0 aliphatic carbocycles. The molecule has 12 heteroatoms. The number of methoxy groups -OCH3 is 1. The third-order valence-corrected chi connectivity index (χ3v) is 8.78. The Morgan fingerprint density at radius 3 is 2.60 bits per heavy atom. The molecule has 2 fully saturated rings. The number of hydrogen-bond acceptors (Lipinski definition) is 6. The second-order valence-corrected chi connectivity index (χ2v) is 11.3. The van der Waals surface area contributed by atoms with Crippen molar-refractivity contribution in [1.82, 2.24) is 23.8 Å². The van der Waals surface area contributed by atoms with Crippen LogP contribution in [0.1, 0.15) is 24.0 Å². The van der Waals surface area contributed by atoms with Crippen LogP contribution < -0.4 is 26.2 Å². The van der Waals surface area contributed by atoms with Gasteiger partial charge in [-0.25, -0.2) is 23.1 Å². The van der Waals surface area contributed by atoms with Gasteiger partial charge in [0.1, 0.15) is 34.2 Å². The number of aromatic nitrogens is 4. The van der Waals surface area contributed by atoms with Crippen LogP contribution >= 0.6 is 11.6 Å². The molecule has 0 amide bonds. The highest BCUT2D eigenvalue weighted by molar-refractivity contribution is 6.30. The van der Waals surface area contributed by atoms with E-state index >= 15 is 0 Å². The fraction of sp³-hybridized carbons (Fsp3) is 0.300. The van der Waals surface area contributed by atoms with E-state index < -0.39 is 22.9 Å². The van der Waals surface area contributed by atoms with Gasteiger partial charge in [-0.3, -0.25) is 13.8 Å². The monoisotopic (exact) mass is 592 g/mol. The summed E-state index contributed by atoms with van der Waals surface area (Å²) >= 11 is 6.15. The Morgan fingerprint density at radius 2 is 1.86 bits per heavy atom. The minimum Gasteiger partial charge on any atom is -0.496 e. The van der Waals surface area contributed by atoms with Gasteiger partial charge in [0.05, 0.1) is 30.4 Å². The molecule has 2 aliphatic rings. The summed E-state index contributed by atoms with van der Waals surface area (Å²) in [6.45, 7) is 3.43. The van der Waals surface area contributed by atoms with E-state index in [1.54, 1.807) is 6.92 Å². The molecular weight excluding hydrogens is 566 g/mol. The van der Waals surface area contributed by atoms with Crippen LogP contribution in [0, 0.1) is 18.6 Å². The molecule has 2 aromatic carbocycles. The van der Waals surface area contributed by atoms with Gasteiger partial charge in [0.25, 0.3) is 5.56 Å². The molecule has 0 spiro atoms. The Bertz CT molecular complexity index is 2000. The number of rotatable bonds is 5. The maximum atomic E-state index is 14.3. The van der Waals surface area contributed by atoms with Crippen LogP contribution in [0.5, 0.6) is 5.75 Å². The first-order chi connectivity index (χ1) is 20.2. The van der Waals surface area contributed by atoms with E-state index in [0.29, 0.717) is 22.4 Å². The van der Waals surface area contributed by atoms with Gasteiger partial charge >= 0.3 is 5.69 Å². The van der Waals surface area contributed by atoms with Crippen molar-refractivity contribution in [2.24, 2.45) is 0 Å². The molecule has 0 saturated carbocycles. The highest BCUT2D eigenvalue weighted by Crippen LogP contribution is 2.37. The maximum absolute atomic E-state index is 14.3. The summed E-state index contributed by atoms with van der Waals surface area (Å²) in [6, 6.07) is 9.54. The summed E-state index contributed by atoms with van der Waals surface area (Å²) in [6.07, 6.45) is 4.84. The second kappa shape index (κ2) is 9.95. The minimum atomic E-state index is -0.638. The van der Waals surface area contributed by atoms with E-state index in [4.69, 9.17) is 16.3 Å². The number of anilines is 1. The van der Waals surface area contributed by atoms with E-state index in [1.165, 1.54) is 52.7 Å². The summed E-state index contributed by atoms with van der Waals surface area (Å²) in [5.74, 6) is -0.587. The molecule has 1 N–H and O–H groups in total. The summed E-state index contributed by atoms with van der Waals surface area (Å²) in [5, 5.41) is 3.61. The van der Waals surface area contributed by atoms with Gasteiger partial charge in [0, 0.05) is 49.2 Å². The first kappa shape index (κ1) is 26.7. The number of pyridine rings is 1. The number of halogens is 3. The number of imidazole rings is 1. The van der Waals surface area contributed by atoms with Crippen molar-refractivity contribution in [3.8, 4) is 11.6 Å². The van der Waals surface area contributed by atoms with Crippen LogP contribution in [0.3, 0.4) is 0 Å². The van der Waals surface area contributed by atoms with E-state index in [9.17, 15) is 18.4 Å². The number of hydrogen-bond donors (Lipinski definition) is 1. The minimum absolute atomic E-state index is 0.00777. The van der Waals surface area contributed by atoms with E-state index in [0.717, 1.165) is 36.2 Å². The molecule has 9 nitrogen and oxygen atoms in total. The molecule has 2 bridgehead atoms. The molecule has 2 atom stereocenters. The van der Waals surface area contributed by atoms with Gasteiger partial charge in [-0.1, -0.05) is 11.6 Å². The zero-order valence-electron chi connectivity index (χ0n) is 22.9. The van der Waals surface area contributed by atoms with Gasteiger partial charge in [-0.15, -0.1) is 0 Å². The fourth-order valence-electron chi connectivity index (χ4n) is 6.44. The average molecular weight is 593 g/mol. The lowest BCUT2D eigenvalue weighted by Crippen LogP contribution is -2.52. The fourth-order valence-corrected chi connectivity index (χ4v) is 6.62. The van der Waals surface area contributed by atoms with Crippen LogP contribution in [0.2, 0.25) is 5.02 Å². The van der Waals surface area contributed by atoms with Gasteiger partial charge < -0.3 is 15.0 Å². The molecule has 0 unspecified atom stereocenters. The number of aryl methyl sites for hydroxylation is 1. The molecule has 7 rings (SSSR count). The second-order valence-electron chi connectivity index (χ2n) is 10.9. The number of nitrogens with zero attached hydrogens (tertiary/aromatic N) is 5. The van der Waals surface area contributed by atoms with Crippen LogP contribution in [0.25, 0.3) is 22.4 Å². The van der Waals surface area contributed by atoms with E-state index in [-0.39, 0.29) is 40.5 Å². The molecule has 2 saturated heterocycles. The van der Waals surface area contributed by atoms with E-state index in [1.807, 2.05) is 12.1 Å². The van der Waals surface area contributed by atoms with Crippen molar-refractivity contribution < 1.29 is 13.5 Å². The van der Waals surface area contributed by atoms with Crippen LogP contribution in [-0.4, -0.2) is 50.8 Å². The molecule has 5 aromatic rings. The molecular formula is C30H27ClF2N6O3. The standard InChI is InChI=1S/C30H27ClF2N6O3/c1-16-7-23(33)22(31)8-17(16)15-37-24-10-21(38-19-3-4-20(38)13-34-12-19)11-25(42-2)28(24)29(40)39(30(37)41)27-14-35-26-9-18(32)5-6-36(26)27/h5-11,14,19-20,34H,3-4,12-13,15H2,1-2H3/t19-,20+. The Morgan fingerprint density at radius 1 is 1.10 bits per heavy atom. The first-order valence-corrected chi connectivity index (χ1v) is 14.1. The quantitative estimate of drug-likeness (QED) is 0.332. The van der Waals surface area contributed by atoms with Gasteiger partial charge in [0.2, 0.25) is 0 Å². The molecule has 5 heterocycles. The third-order valence-electron chi connectivity index (χ3n) is 8.49. The Kier molecular flexibility index (Phi) is 6.32. The SMILES string of the molecule is COc1cc(N2[C@@H]3CC[C@H]2CNC3)cc2c1c(=O)n(-c1cnc3cc(F)ccn13)c(=O)n2Cc1cc(Cl)c(F)cc1C. The number of piperazine rings is 1. The smallest absolute Gasteiger partial charge is 0.337 e. The van der Waals surface area contributed by atoms with Crippen molar-refractivity contribution in [3.63, 3.8) is 0 Å². The number of fused-ring (bicyclic) bond motifs is 4. The van der Waals surface area contributed by atoms with Crippen LogP contribution in [0.4, 0.5) is 14.5 Å². The molecule has 216 valence electrons. The van der Waals surface area contributed by atoms with Crippen molar-refractivity contribution in [1.29, 1.82) is 0 Å². The predicted molar refractivity (Wildman–Crippen MR) is 156 cm³/mol. The van der Waals surface area contributed by atoms with Gasteiger partial charge in [0.15, 0.2) is 0 Å². The summed E-state index contributed by atoms with van der Waals surface area (Å²) in [7, 11) is 1.49. The van der Waals surface area contributed by atoms with Crippen LogP contribution in [-0.2, 0) is 6.54 Å². The summed E-state index contributed by atoms with van der Waals surface area (Å²) < 4.78 is 37.9. The third kappa shape index (κ3) is 4.10. The Labute approximate surface area is 243 Å². The highest BCUT2D eigenvalue weighted by atomic mass is 35.5. The van der Waals surface area contributed by atoms with Crippen LogP contribution in [0.15, 0.2) is 58.4 Å². The Hall–Kier alpha value is -4.22.